The van der Waals surface area contributed by atoms with Crippen molar-refractivity contribution >= 4 is 144 Å². The maximum Gasteiger partial charge on any atom is 0.267 e. The molecule has 8 nitrogen and oxygen atoms in total. The zero-order valence-corrected chi connectivity index (χ0v) is 26.0. The fraction of sp³-hybridized carbons (Fsp3) is 0.125. The van der Waals surface area contributed by atoms with Gasteiger partial charge < -0.3 is 16.4 Å². The summed E-state index contributed by atoms with van der Waals surface area (Å²) < 4.78 is 11.9. The van der Waals surface area contributed by atoms with Crippen LogP contribution in [0.1, 0.15) is 11.1 Å². The molecule has 2 aliphatic heterocycles. The van der Waals surface area contributed by atoms with E-state index in [0.717, 1.165) is 18.1 Å². The molecule has 2 saturated heterocycles. The van der Waals surface area contributed by atoms with E-state index in [1.54, 1.807) is 19.0 Å². The molecule has 2 aromatic heterocycles. The SMILES string of the molecule is CN1CS/C(=c2\cc/c(=C\c3c(N)c(N=S)c(/C=c4\cc/c(=C5\SC(=S)N(C)C5=O)s4)c(N)c3N=S)s2)C1=O. The second-order valence-corrected chi connectivity index (χ2v) is 13.6. The molecule has 15 heteroatoms. The second-order valence-electron chi connectivity index (χ2n) is 8.39. The van der Waals surface area contributed by atoms with Gasteiger partial charge in [-0.25, -0.2) is 0 Å². The van der Waals surface area contributed by atoms with Crippen molar-refractivity contribution < 1.29 is 9.59 Å². The smallest absolute Gasteiger partial charge is 0.267 e. The van der Waals surface area contributed by atoms with Crippen LogP contribution in [-0.2, 0) is 34.4 Å². The molecule has 4 heterocycles. The van der Waals surface area contributed by atoms with E-state index in [1.165, 1.54) is 51.1 Å². The molecule has 2 fully saturated rings. The van der Waals surface area contributed by atoms with Crippen molar-refractivity contribution in [1.29, 1.82) is 0 Å². The van der Waals surface area contributed by atoms with Crippen LogP contribution in [0.15, 0.2) is 33.0 Å². The summed E-state index contributed by atoms with van der Waals surface area (Å²) in [4.78, 5) is 29.4. The molecule has 4 N–H and O–H groups in total. The Labute approximate surface area is 255 Å². The van der Waals surface area contributed by atoms with Crippen LogP contribution in [0.25, 0.3) is 22.0 Å². The maximum atomic E-state index is 12.5. The van der Waals surface area contributed by atoms with Crippen LogP contribution in [0, 0.1) is 0 Å². The number of nitrogens with two attached hydrogens (primary N) is 2. The van der Waals surface area contributed by atoms with E-state index in [-0.39, 0.29) is 17.5 Å². The third-order valence-corrected chi connectivity index (χ3v) is 11.5. The standard InChI is InChI=1S/C24H18N6O2S7/c1-29-9-36-20(22(29)31)14-5-3-10(37-14)7-12-16(25)19(28-35)13(17(26)18(12)27-34)8-11-4-6-15(38-11)21-23(32)30(2)24(33)39-21/h3-8H,9,25-26H2,1-2H3/b10-7+,11-8+,20-14+,21-15+. The van der Waals surface area contributed by atoms with E-state index in [9.17, 15) is 9.59 Å². The van der Waals surface area contributed by atoms with Crippen molar-refractivity contribution in [2.45, 2.75) is 0 Å². The highest BCUT2D eigenvalue weighted by atomic mass is 32.2. The van der Waals surface area contributed by atoms with Gasteiger partial charge in [-0.3, -0.25) is 14.5 Å². The first-order chi connectivity index (χ1) is 18.6. The lowest BCUT2D eigenvalue weighted by molar-refractivity contribution is -0.122. The minimum Gasteiger partial charge on any atom is -0.396 e. The van der Waals surface area contributed by atoms with Crippen molar-refractivity contribution in [2.24, 2.45) is 8.73 Å². The Kier molecular flexibility index (Phi) is 8.01. The van der Waals surface area contributed by atoms with Gasteiger partial charge in [0.05, 0.1) is 27.1 Å². The van der Waals surface area contributed by atoms with Gasteiger partial charge in [0, 0.05) is 68.2 Å². The fourth-order valence-corrected chi connectivity index (χ4v) is 8.66. The van der Waals surface area contributed by atoms with Crippen LogP contribution in [0.2, 0.25) is 0 Å². The Morgan fingerprint density at radius 3 is 1.77 bits per heavy atom. The summed E-state index contributed by atoms with van der Waals surface area (Å²) in [7, 11) is 3.44. The number of anilines is 2. The van der Waals surface area contributed by atoms with Gasteiger partial charge in [-0.05, 0) is 36.4 Å². The zero-order chi connectivity index (χ0) is 28.0. The average molecular weight is 647 g/mol. The highest BCUT2D eigenvalue weighted by molar-refractivity contribution is 8.30. The molecule has 2 amide bonds. The van der Waals surface area contributed by atoms with E-state index < -0.39 is 0 Å². The summed E-state index contributed by atoms with van der Waals surface area (Å²) in [6.07, 6.45) is 3.64. The topological polar surface area (TPSA) is 117 Å². The molecule has 39 heavy (non-hydrogen) atoms. The minimum absolute atomic E-state index is 0.00578. The first-order valence-corrected chi connectivity index (χ1v) is 15.7. The van der Waals surface area contributed by atoms with Gasteiger partial charge in [-0.15, -0.1) is 22.7 Å². The second kappa shape index (κ2) is 11.2. The van der Waals surface area contributed by atoms with Crippen molar-refractivity contribution in [3.63, 3.8) is 0 Å². The summed E-state index contributed by atoms with van der Waals surface area (Å²) in [5.41, 5.74) is 15.4. The van der Waals surface area contributed by atoms with Gasteiger partial charge in [-0.2, -0.15) is 8.73 Å². The van der Waals surface area contributed by atoms with Crippen LogP contribution in [-0.4, -0.2) is 45.9 Å². The lowest BCUT2D eigenvalue weighted by atomic mass is 10.0. The number of benzene rings is 1. The number of nitrogens with zero attached hydrogens (tertiary/aromatic N) is 4. The fourth-order valence-electron chi connectivity index (χ4n) is 3.90. The lowest BCUT2D eigenvalue weighted by Crippen LogP contribution is -2.23. The van der Waals surface area contributed by atoms with Gasteiger partial charge in [0.25, 0.3) is 11.8 Å². The first-order valence-electron chi connectivity index (χ1n) is 11.1. The van der Waals surface area contributed by atoms with E-state index in [0.29, 0.717) is 48.2 Å². The quantitative estimate of drug-likeness (QED) is 0.325. The van der Waals surface area contributed by atoms with Crippen molar-refractivity contribution in [2.75, 3.05) is 31.4 Å². The molecule has 5 rings (SSSR count). The van der Waals surface area contributed by atoms with Crippen molar-refractivity contribution in [3.05, 3.63) is 53.5 Å². The van der Waals surface area contributed by atoms with Gasteiger partial charge >= 0.3 is 0 Å². The highest BCUT2D eigenvalue weighted by Crippen LogP contribution is 2.44. The van der Waals surface area contributed by atoms with Gasteiger partial charge in [-0.1, -0.05) is 35.7 Å². The van der Waals surface area contributed by atoms with Gasteiger partial charge in [0.2, 0.25) is 0 Å². The monoisotopic (exact) mass is 646 g/mol. The van der Waals surface area contributed by atoms with Crippen LogP contribution < -0.4 is 29.6 Å². The summed E-state index contributed by atoms with van der Waals surface area (Å²) in [6, 6.07) is 7.55. The number of nitrogen functional groups attached to an aromatic ring is 2. The molecule has 198 valence electrons. The molecule has 0 atom stereocenters. The van der Waals surface area contributed by atoms with E-state index in [1.807, 2.05) is 36.4 Å². The van der Waals surface area contributed by atoms with E-state index in [4.69, 9.17) is 48.5 Å². The van der Waals surface area contributed by atoms with Crippen LogP contribution in [0.3, 0.4) is 0 Å². The van der Waals surface area contributed by atoms with Crippen molar-refractivity contribution in [1.82, 2.24) is 9.80 Å². The van der Waals surface area contributed by atoms with E-state index >= 15 is 0 Å². The number of thiophene rings is 2. The number of carbonyl (C=O) groups is 2. The Hall–Kier alpha value is -2.53. The summed E-state index contributed by atoms with van der Waals surface area (Å²) in [5.74, 6) is 0.500. The summed E-state index contributed by atoms with van der Waals surface area (Å²) >= 11 is 21.1. The molecule has 0 saturated carbocycles. The molecule has 0 bridgehead atoms. The molecule has 2 aliphatic rings. The Balaban J connectivity index is 1.65. The third-order valence-electron chi connectivity index (χ3n) is 5.96. The van der Waals surface area contributed by atoms with Crippen LogP contribution in [0.4, 0.5) is 22.7 Å². The molecular formula is C24H18N6O2S7. The Morgan fingerprint density at radius 2 is 1.36 bits per heavy atom. The number of amides is 2. The van der Waals surface area contributed by atoms with Crippen LogP contribution >= 0.6 is 58.4 Å². The number of hydrogen-bond acceptors (Lipinski definition) is 13. The number of rotatable bonds is 4. The largest absolute Gasteiger partial charge is 0.396 e. The molecule has 0 radical (unpaired) electrons. The molecule has 1 aromatic carbocycles. The van der Waals surface area contributed by atoms with Gasteiger partial charge in [0.15, 0.2) is 0 Å². The van der Waals surface area contributed by atoms with Gasteiger partial charge in [0.1, 0.15) is 15.7 Å². The molecule has 0 spiro atoms. The number of hydrogen-bond donors (Lipinski definition) is 2. The molecule has 0 unspecified atom stereocenters. The average Bonchev–Trinajstić information content (AvgIpc) is 3.69. The Morgan fingerprint density at radius 1 is 0.846 bits per heavy atom. The zero-order valence-electron chi connectivity index (χ0n) is 20.3. The molecule has 3 aromatic rings. The lowest BCUT2D eigenvalue weighted by Gasteiger charge is -2.14. The predicted octanol–water partition coefficient (Wildman–Crippen LogP) is 2.22. The Bertz CT molecular complexity index is 1860. The highest BCUT2D eigenvalue weighted by Gasteiger charge is 2.29. The number of thioether (sulfide) groups is 2. The predicted molar refractivity (Wildman–Crippen MR) is 173 cm³/mol. The van der Waals surface area contributed by atoms with Crippen LogP contribution in [0.5, 0.6) is 0 Å². The first kappa shape index (κ1) is 28.0. The number of carbonyl (C=O) groups excluding carboxylic acids is 2. The molecular weight excluding hydrogens is 629 g/mol. The maximum absolute atomic E-state index is 12.5. The number of thiocarbonyl (C=S) groups is 1. The summed E-state index contributed by atoms with van der Waals surface area (Å²) in [5, 5.41) is 0. The minimum atomic E-state index is -0.131. The van der Waals surface area contributed by atoms with E-state index in [2.05, 4.69) is 8.73 Å². The summed E-state index contributed by atoms with van der Waals surface area (Å²) in [6.45, 7) is 0. The third kappa shape index (κ3) is 5.08. The molecule has 0 aliphatic carbocycles. The normalized spacial score (nSPS) is 19.6. The van der Waals surface area contributed by atoms with Crippen molar-refractivity contribution in [3.8, 4) is 0 Å².